The van der Waals surface area contributed by atoms with E-state index in [9.17, 15) is 43.7 Å². The van der Waals surface area contributed by atoms with Crippen LogP contribution < -0.4 is 16.2 Å². The first-order valence-electron chi connectivity index (χ1n) is 17.8. The molecule has 2 atom stereocenters. The van der Waals surface area contributed by atoms with Crippen LogP contribution in [0.5, 0.6) is 0 Å². The summed E-state index contributed by atoms with van der Waals surface area (Å²) in [5.41, 5.74) is 4.53. The van der Waals surface area contributed by atoms with Crippen LogP contribution in [0.4, 0.5) is 11.4 Å². The van der Waals surface area contributed by atoms with Gasteiger partial charge in [0.05, 0.1) is 25.3 Å². The number of benzene rings is 2. The molecule has 4 rings (SSSR count). The third kappa shape index (κ3) is 10.2. The number of rotatable bonds is 19. The second-order valence-electron chi connectivity index (χ2n) is 14.0. The molecule has 2 aromatic rings. The van der Waals surface area contributed by atoms with E-state index in [0.717, 1.165) is 11.4 Å². The minimum atomic E-state index is -4.79. The van der Waals surface area contributed by atoms with Gasteiger partial charge in [-0.05, 0) is 94.8 Å². The fourth-order valence-electron chi connectivity index (χ4n) is 7.55. The summed E-state index contributed by atoms with van der Waals surface area (Å²) in [6.45, 7) is 7.00. The lowest BCUT2D eigenvalue weighted by atomic mass is 9.76. The third-order valence-corrected chi connectivity index (χ3v) is 12.8. The van der Waals surface area contributed by atoms with Gasteiger partial charge in [0, 0.05) is 73.4 Å². The van der Waals surface area contributed by atoms with Crippen LogP contribution in [0.3, 0.4) is 0 Å². The molecule has 302 valence electrons. The van der Waals surface area contributed by atoms with Crippen molar-refractivity contribution in [1.29, 1.82) is 0 Å². The second kappa shape index (κ2) is 17.6. The molecule has 0 bridgehead atoms. The van der Waals surface area contributed by atoms with Crippen molar-refractivity contribution in [3.63, 3.8) is 0 Å². The maximum atomic E-state index is 12.1. The zero-order chi connectivity index (χ0) is 40.8. The number of fused-ring (bicyclic) bond motifs is 2. The van der Waals surface area contributed by atoms with Gasteiger partial charge in [0.2, 0.25) is 11.6 Å². The maximum Gasteiger partial charge on any atom is 0.233 e. The molecule has 0 fully saturated rings. The molecule has 0 spiro atoms. The van der Waals surface area contributed by atoms with E-state index in [0.29, 0.717) is 67.9 Å². The van der Waals surface area contributed by atoms with E-state index >= 15 is 0 Å². The van der Waals surface area contributed by atoms with Crippen LogP contribution >= 0.6 is 0 Å². The molecule has 0 radical (unpaired) electrons. The molecule has 18 heteroatoms. The van der Waals surface area contributed by atoms with E-state index in [1.807, 2.05) is 43.9 Å². The molecule has 0 aliphatic carbocycles. The molecule has 1 amide bonds. The number of methoxy groups -OCH3 is 1. The van der Waals surface area contributed by atoms with Crippen molar-refractivity contribution < 1.29 is 53.0 Å². The number of ether oxygens (including phenoxy) is 1. The highest BCUT2D eigenvalue weighted by Gasteiger charge is 2.48. The van der Waals surface area contributed by atoms with Crippen LogP contribution in [-0.4, -0.2) is 87.7 Å². The maximum absolute atomic E-state index is 12.1. The molecule has 2 aromatic carbocycles. The lowest BCUT2D eigenvalue weighted by molar-refractivity contribution is -0.438. The number of unbranched alkanes of at least 4 members (excludes halogenated alkanes) is 2. The topological polar surface area (TPSA) is 242 Å². The van der Waals surface area contributed by atoms with Crippen LogP contribution in [-0.2, 0) is 50.7 Å². The number of carbonyl (C=O) groups is 1. The number of hydrazine groups is 1. The van der Waals surface area contributed by atoms with E-state index in [2.05, 4.69) is 10.0 Å². The standard InChI is InChI=1S/C37H50N4O11S3/c1-5-40-31-18-16-27(54(46,47)48)25-29(31)36(2,20-12-24-53(43,44)45)33(40)13-8-6-9-14-34-37(3,21-23-52-4)30-26-28(55(49,50)51)17-19-32(30)41(34)22-11-7-10-15-35(42)39-38/h6,8-9,13-14,16-19,25-26H,5,7,10-12,15,20-24,38H2,1-4H3,(H3-,39,42,43,44,45,46,47,48,49,50,51)/p-2. The molecule has 3 N–H and O–H groups in total. The summed E-state index contributed by atoms with van der Waals surface area (Å²) in [5, 5.41) is 0. The predicted molar refractivity (Wildman–Crippen MR) is 204 cm³/mol. The van der Waals surface area contributed by atoms with Crippen LogP contribution in [0, 0.1) is 0 Å². The Morgan fingerprint density at radius 1 is 0.873 bits per heavy atom. The Balaban J connectivity index is 1.76. The fraction of sp³-hybridized carbons (Fsp3) is 0.459. The molecule has 55 heavy (non-hydrogen) atoms. The van der Waals surface area contributed by atoms with Gasteiger partial charge in [0.1, 0.15) is 26.8 Å². The normalized spacial score (nSPS) is 20.9. The minimum absolute atomic E-state index is 0.00101. The third-order valence-electron chi connectivity index (χ3n) is 10.4. The average Bonchev–Trinajstić information content (AvgIpc) is 3.48. The molecule has 0 aromatic heterocycles. The van der Waals surface area contributed by atoms with E-state index in [1.54, 1.807) is 31.4 Å². The zero-order valence-corrected chi connectivity index (χ0v) is 33.8. The second-order valence-corrected chi connectivity index (χ2v) is 18.3. The highest BCUT2D eigenvalue weighted by atomic mass is 32.2. The quantitative estimate of drug-likeness (QED) is 0.0392. The van der Waals surface area contributed by atoms with Gasteiger partial charge in [-0.25, -0.2) is 31.1 Å². The molecular formula is C37H48N4O11S3-2. The highest BCUT2D eigenvalue weighted by molar-refractivity contribution is 7.86. The minimum Gasteiger partial charge on any atom is -0.748 e. The molecule has 2 aliphatic heterocycles. The fourth-order valence-corrected chi connectivity index (χ4v) is 9.04. The molecular weight excluding hydrogens is 773 g/mol. The number of nitrogens with one attached hydrogen (secondary N) is 1. The predicted octanol–water partition coefficient (Wildman–Crippen LogP) is 3.56. The Kier molecular flexibility index (Phi) is 14.1. The summed E-state index contributed by atoms with van der Waals surface area (Å²) < 4.78 is 114. The first-order chi connectivity index (χ1) is 25.7. The van der Waals surface area contributed by atoms with Crippen LogP contribution in [0.25, 0.3) is 0 Å². The first kappa shape index (κ1) is 44.0. The Hall–Kier alpha value is -3.75. The monoisotopic (exact) mass is 820 g/mol. The summed E-state index contributed by atoms with van der Waals surface area (Å²) in [4.78, 5) is 12.8. The molecule has 15 nitrogen and oxygen atoms in total. The van der Waals surface area contributed by atoms with E-state index in [1.165, 1.54) is 24.3 Å². The smallest absolute Gasteiger partial charge is 0.233 e. The van der Waals surface area contributed by atoms with Gasteiger partial charge in [-0.2, -0.15) is 4.58 Å². The van der Waals surface area contributed by atoms with Gasteiger partial charge in [-0.15, -0.1) is 0 Å². The molecule has 0 saturated heterocycles. The van der Waals surface area contributed by atoms with Crippen LogP contribution in [0.15, 0.2) is 82.3 Å². The van der Waals surface area contributed by atoms with Crippen molar-refractivity contribution in [2.24, 2.45) is 5.84 Å². The number of anilines is 1. The van der Waals surface area contributed by atoms with Gasteiger partial charge in [0.15, 0.2) is 5.71 Å². The summed E-state index contributed by atoms with van der Waals surface area (Å²) in [7, 11) is -12.5. The van der Waals surface area contributed by atoms with Crippen molar-refractivity contribution in [2.45, 2.75) is 86.3 Å². The SMILES string of the molecule is CCN1/C(=C/C=C/C=C/C2=[N+](CCCCCC(=O)NN)c3ccc(S(=O)(=O)[O-])cc3C2(C)CCOC)C(C)(CCCS(=O)(=O)[O-])c2cc(S(=O)(=O)[O-])ccc21. The lowest BCUT2D eigenvalue weighted by Gasteiger charge is -2.30. The van der Waals surface area contributed by atoms with Crippen molar-refractivity contribution in [3.05, 3.63) is 83.6 Å². The summed E-state index contributed by atoms with van der Waals surface area (Å²) in [6.07, 6.45) is 12.0. The highest BCUT2D eigenvalue weighted by Crippen LogP contribution is 2.51. The van der Waals surface area contributed by atoms with E-state index in [4.69, 9.17) is 10.6 Å². The van der Waals surface area contributed by atoms with Gasteiger partial charge in [0.25, 0.3) is 0 Å². The van der Waals surface area contributed by atoms with Crippen LogP contribution in [0.2, 0.25) is 0 Å². The van der Waals surface area contributed by atoms with Crippen LogP contribution in [0.1, 0.15) is 76.8 Å². The summed E-state index contributed by atoms with van der Waals surface area (Å²) >= 11 is 0. The van der Waals surface area contributed by atoms with E-state index in [-0.39, 0.29) is 30.1 Å². The Bertz CT molecular complexity index is 2230. The number of nitrogens with two attached hydrogens (primary N) is 1. The number of hydrogen-bond donors (Lipinski definition) is 2. The van der Waals surface area contributed by atoms with Gasteiger partial charge in [-0.3, -0.25) is 10.2 Å². The average molecular weight is 821 g/mol. The Morgan fingerprint density at radius 2 is 1.53 bits per heavy atom. The van der Waals surface area contributed by atoms with Crippen molar-refractivity contribution in [3.8, 4) is 0 Å². The lowest BCUT2D eigenvalue weighted by Crippen LogP contribution is -2.33. The van der Waals surface area contributed by atoms with Crippen molar-refractivity contribution >= 4 is 53.3 Å². The first-order valence-corrected chi connectivity index (χ1v) is 22.2. The zero-order valence-electron chi connectivity index (χ0n) is 31.3. The number of nitrogens with zero attached hydrogens (tertiary/aromatic N) is 2. The number of likely N-dealkylation sites (N-methyl/N-ethyl adjacent to an activating group) is 1. The van der Waals surface area contributed by atoms with Gasteiger partial charge < -0.3 is 23.3 Å². The molecule has 0 saturated carbocycles. The van der Waals surface area contributed by atoms with E-state index < -0.39 is 51.8 Å². The number of hydrogen-bond acceptors (Lipinski definition) is 13. The van der Waals surface area contributed by atoms with Gasteiger partial charge >= 0.3 is 0 Å². The Morgan fingerprint density at radius 3 is 2.13 bits per heavy atom. The molecule has 2 aliphatic rings. The number of amides is 1. The summed E-state index contributed by atoms with van der Waals surface area (Å²) in [5.74, 6) is 4.33. The van der Waals surface area contributed by atoms with Gasteiger partial charge in [-0.1, -0.05) is 18.2 Å². The number of carbonyl (C=O) groups excluding carboxylic acids is 1. The molecule has 2 unspecified atom stereocenters. The van der Waals surface area contributed by atoms with Crippen molar-refractivity contribution in [1.82, 2.24) is 5.43 Å². The largest absolute Gasteiger partial charge is 0.748 e. The summed E-state index contributed by atoms with van der Waals surface area (Å²) in [6, 6.07) is 8.46. The van der Waals surface area contributed by atoms with Crippen molar-refractivity contribution in [2.75, 3.05) is 37.5 Å². The molecule has 2 heterocycles. The number of allylic oxidation sites excluding steroid dienone is 6. The Labute approximate surface area is 323 Å².